The van der Waals surface area contributed by atoms with E-state index < -0.39 is 0 Å². The standard InChI is InChI=1S/C20H21ClN2O/c1-2-3-12-20-23-18(15-9-5-7-11-19(15)24-20)13-17(22-23)14-8-4-6-10-16(14)21/h4-11,13,18,20,22H,2-3,12H2,1H3/t18-,20+/m0/s1. The lowest BCUT2D eigenvalue weighted by Crippen LogP contribution is -2.48. The molecule has 2 aliphatic rings. The molecular weight excluding hydrogens is 320 g/mol. The van der Waals surface area contributed by atoms with Gasteiger partial charge in [0.05, 0.1) is 11.7 Å². The first-order valence-electron chi connectivity index (χ1n) is 8.55. The molecule has 0 radical (unpaired) electrons. The summed E-state index contributed by atoms with van der Waals surface area (Å²) in [7, 11) is 0. The van der Waals surface area contributed by atoms with Crippen LogP contribution in [0.1, 0.15) is 43.4 Å². The van der Waals surface area contributed by atoms with Gasteiger partial charge in [0.1, 0.15) is 5.75 Å². The minimum Gasteiger partial charge on any atom is -0.473 e. The molecule has 2 aliphatic heterocycles. The Hall–Kier alpha value is -1.97. The number of hydrazine groups is 1. The topological polar surface area (TPSA) is 24.5 Å². The van der Waals surface area contributed by atoms with Gasteiger partial charge >= 0.3 is 0 Å². The molecule has 2 aromatic rings. The predicted molar refractivity (Wildman–Crippen MR) is 97.5 cm³/mol. The van der Waals surface area contributed by atoms with Gasteiger partial charge in [-0.3, -0.25) is 0 Å². The highest BCUT2D eigenvalue weighted by atomic mass is 35.5. The average Bonchev–Trinajstić information content (AvgIpc) is 3.05. The van der Waals surface area contributed by atoms with Gasteiger partial charge in [0, 0.05) is 16.1 Å². The van der Waals surface area contributed by atoms with Gasteiger partial charge in [0.25, 0.3) is 0 Å². The van der Waals surface area contributed by atoms with Crippen molar-refractivity contribution in [1.82, 2.24) is 10.4 Å². The fraction of sp³-hybridized carbons (Fsp3) is 0.300. The van der Waals surface area contributed by atoms with Crippen LogP contribution in [0.4, 0.5) is 0 Å². The van der Waals surface area contributed by atoms with E-state index in [0.29, 0.717) is 0 Å². The van der Waals surface area contributed by atoms with E-state index in [4.69, 9.17) is 16.3 Å². The first kappa shape index (κ1) is 15.6. The quantitative estimate of drug-likeness (QED) is 0.832. The van der Waals surface area contributed by atoms with Gasteiger partial charge in [-0.05, 0) is 31.1 Å². The van der Waals surface area contributed by atoms with Gasteiger partial charge in [-0.2, -0.15) is 5.01 Å². The number of unbranched alkanes of at least 4 members (excludes halogenated alkanes) is 1. The molecule has 1 N–H and O–H groups in total. The van der Waals surface area contributed by atoms with Crippen LogP contribution in [0, 0.1) is 0 Å². The molecule has 0 saturated carbocycles. The largest absolute Gasteiger partial charge is 0.473 e. The van der Waals surface area contributed by atoms with Crippen molar-refractivity contribution in [2.75, 3.05) is 0 Å². The van der Waals surface area contributed by atoms with E-state index in [1.54, 1.807) is 0 Å². The van der Waals surface area contributed by atoms with Crippen molar-refractivity contribution >= 4 is 17.3 Å². The number of halogens is 1. The average molecular weight is 341 g/mol. The number of rotatable bonds is 4. The Morgan fingerprint density at radius 2 is 1.92 bits per heavy atom. The van der Waals surface area contributed by atoms with Crippen LogP contribution in [0.3, 0.4) is 0 Å². The molecule has 2 heterocycles. The van der Waals surface area contributed by atoms with E-state index in [1.165, 1.54) is 5.56 Å². The number of hydrogen-bond donors (Lipinski definition) is 1. The Morgan fingerprint density at radius 3 is 2.75 bits per heavy atom. The lowest BCUT2D eigenvalue weighted by Gasteiger charge is -2.38. The molecule has 0 aromatic heterocycles. The molecule has 4 rings (SSSR count). The zero-order valence-corrected chi connectivity index (χ0v) is 14.5. The Bertz CT molecular complexity index is 774. The Morgan fingerprint density at radius 1 is 1.12 bits per heavy atom. The van der Waals surface area contributed by atoms with Crippen LogP contribution in [-0.2, 0) is 0 Å². The normalized spacial score (nSPS) is 22.2. The minimum atomic E-state index is 0.0288. The third-order valence-corrected chi connectivity index (χ3v) is 4.98. The third-order valence-electron chi connectivity index (χ3n) is 4.65. The van der Waals surface area contributed by atoms with Gasteiger partial charge in [-0.25, -0.2) is 0 Å². The van der Waals surface area contributed by atoms with Gasteiger partial charge in [0.15, 0.2) is 6.23 Å². The van der Waals surface area contributed by atoms with Crippen LogP contribution in [0.25, 0.3) is 5.70 Å². The second-order valence-corrected chi connectivity index (χ2v) is 6.68. The first-order chi connectivity index (χ1) is 11.8. The van der Waals surface area contributed by atoms with Crippen molar-refractivity contribution in [2.24, 2.45) is 0 Å². The summed E-state index contributed by atoms with van der Waals surface area (Å²) in [4.78, 5) is 0. The number of nitrogens with zero attached hydrogens (tertiary/aromatic N) is 1. The Labute approximate surface area is 147 Å². The second kappa shape index (κ2) is 6.50. The summed E-state index contributed by atoms with van der Waals surface area (Å²) >= 11 is 6.39. The van der Waals surface area contributed by atoms with Crippen molar-refractivity contribution in [3.8, 4) is 5.75 Å². The van der Waals surface area contributed by atoms with Crippen LogP contribution in [0.2, 0.25) is 5.02 Å². The van der Waals surface area contributed by atoms with E-state index in [1.807, 2.05) is 30.3 Å². The SMILES string of the molecule is CCCC[C@H]1Oc2ccccc2[C@@H]2C=C(c3ccccc3Cl)NN12. The van der Waals surface area contributed by atoms with Crippen LogP contribution in [0.15, 0.2) is 54.6 Å². The van der Waals surface area contributed by atoms with Gasteiger partial charge in [-0.15, -0.1) is 0 Å². The van der Waals surface area contributed by atoms with Gasteiger partial charge in [0.2, 0.25) is 0 Å². The molecule has 24 heavy (non-hydrogen) atoms. The third kappa shape index (κ3) is 2.68. The smallest absolute Gasteiger partial charge is 0.169 e. The predicted octanol–water partition coefficient (Wildman–Crippen LogP) is 5.15. The molecule has 2 atom stereocenters. The maximum absolute atomic E-state index is 6.39. The highest BCUT2D eigenvalue weighted by Gasteiger charge is 2.38. The number of benzene rings is 2. The summed E-state index contributed by atoms with van der Waals surface area (Å²) in [5, 5.41) is 2.98. The van der Waals surface area contributed by atoms with Crippen molar-refractivity contribution in [3.63, 3.8) is 0 Å². The lowest BCUT2D eigenvalue weighted by atomic mass is 10.0. The molecule has 0 saturated heterocycles. The van der Waals surface area contributed by atoms with E-state index in [2.05, 4.69) is 41.6 Å². The molecule has 0 amide bonds. The minimum absolute atomic E-state index is 0.0288. The molecule has 4 heteroatoms. The van der Waals surface area contributed by atoms with Gasteiger partial charge in [-0.1, -0.05) is 61.3 Å². The Balaban J connectivity index is 1.71. The summed E-state index contributed by atoms with van der Waals surface area (Å²) in [6.07, 6.45) is 5.57. The molecule has 0 aliphatic carbocycles. The number of ether oxygens (including phenoxy) is 1. The van der Waals surface area contributed by atoms with Crippen LogP contribution >= 0.6 is 11.6 Å². The zero-order chi connectivity index (χ0) is 16.5. The molecule has 3 nitrogen and oxygen atoms in total. The summed E-state index contributed by atoms with van der Waals surface area (Å²) < 4.78 is 6.26. The highest BCUT2D eigenvalue weighted by molar-refractivity contribution is 6.32. The van der Waals surface area contributed by atoms with Crippen LogP contribution < -0.4 is 10.2 Å². The fourth-order valence-electron chi connectivity index (χ4n) is 3.42. The first-order valence-corrected chi connectivity index (χ1v) is 8.93. The molecule has 0 unspecified atom stereocenters. The summed E-state index contributed by atoms with van der Waals surface area (Å²) in [5.74, 6) is 0.985. The molecular formula is C20H21ClN2O. The summed E-state index contributed by atoms with van der Waals surface area (Å²) in [5.41, 5.74) is 6.81. The number of fused-ring (bicyclic) bond motifs is 3. The fourth-order valence-corrected chi connectivity index (χ4v) is 3.65. The van der Waals surface area contributed by atoms with Crippen molar-refractivity contribution < 1.29 is 4.74 Å². The zero-order valence-electron chi connectivity index (χ0n) is 13.7. The number of hydrogen-bond acceptors (Lipinski definition) is 3. The van der Waals surface area contributed by atoms with E-state index in [0.717, 1.165) is 41.3 Å². The second-order valence-electron chi connectivity index (χ2n) is 6.28. The van der Waals surface area contributed by atoms with Crippen LogP contribution in [-0.4, -0.2) is 11.2 Å². The number of nitrogens with one attached hydrogen (secondary N) is 1. The highest BCUT2D eigenvalue weighted by Crippen LogP contribution is 2.42. The monoisotopic (exact) mass is 340 g/mol. The summed E-state index contributed by atoms with van der Waals surface area (Å²) in [6, 6.07) is 16.4. The van der Waals surface area contributed by atoms with Crippen LogP contribution in [0.5, 0.6) is 5.75 Å². The molecule has 0 fully saturated rings. The molecule has 0 spiro atoms. The van der Waals surface area contributed by atoms with E-state index in [-0.39, 0.29) is 12.3 Å². The lowest BCUT2D eigenvalue weighted by molar-refractivity contribution is -0.0361. The van der Waals surface area contributed by atoms with Crippen molar-refractivity contribution in [3.05, 3.63) is 70.8 Å². The molecule has 0 bridgehead atoms. The molecule has 124 valence electrons. The number of para-hydroxylation sites is 1. The van der Waals surface area contributed by atoms with Crippen molar-refractivity contribution in [2.45, 2.75) is 38.5 Å². The Kier molecular flexibility index (Phi) is 4.21. The van der Waals surface area contributed by atoms with E-state index in [9.17, 15) is 0 Å². The molecule has 2 aromatic carbocycles. The maximum Gasteiger partial charge on any atom is 0.169 e. The van der Waals surface area contributed by atoms with Crippen molar-refractivity contribution in [1.29, 1.82) is 0 Å². The van der Waals surface area contributed by atoms with Gasteiger partial charge < -0.3 is 10.2 Å². The maximum atomic E-state index is 6.39. The van der Waals surface area contributed by atoms with E-state index >= 15 is 0 Å². The summed E-state index contributed by atoms with van der Waals surface area (Å²) in [6.45, 7) is 2.21.